The molecule has 2 aliphatic rings. The molecule has 2 aliphatic heterocycles. The number of fused-ring (bicyclic) bond motifs is 6. The maximum absolute atomic E-state index is 14.3. The van der Waals surface area contributed by atoms with E-state index < -0.39 is 16.1 Å². The summed E-state index contributed by atoms with van der Waals surface area (Å²) < 4.78 is 36.6. The van der Waals surface area contributed by atoms with Gasteiger partial charge in [-0.05, 0) is 61.1 Å². The molecular weight excluding hydrogens is 586 g/mol. The summed E-state index contributed by atoms with van der Waals surface area (Å²) in [5.41, 5.74) is 4.92. The number of ether oxygens (including phenoxy) is 1. The van der Waals surface area contributed by atoms with Gasteiger partial charge >= 0.3 is 0 Å². The van der Waals surface area contributed by atoms with E-state index in [1.807, 2.05) is 55.1 Å². The van der Waals surface area contributed by atoms with Gasteiger partial charge in [0.15, 0.2) is 0 Å². The Morgan fingerprint density at radius 2 is 1.67 bits per heavy atom. The Kier molecular flexibility index (Phi) is 8.61. The summed E-state index contributed by atoms with van der Waals surface area (Å²) in [7, 11) is -4.12. The first-order valence-corrected chi connectivity index (χ1v) is 16.9. The van der Waals surface area contributed by atoms with E-state index in [1.54, 1.807) is 18.2 Å². The largest absolute Gasteiger partial charge is 0.471 e. The number of benzene rings is 3. The van der Waals surface area contributed by atoms with Crippen molar-refractivity contribution < 1.29 is 17.9 Å². The number of aromatic nitrogens is 2. The van der Waals surface area contributed by atoms with Crippen LogP contribution >= 0.6 is 0 Å². The molecule has 10 heteroatoms. The molecule has 3 aromatic carbocycles. The second kappa shape index (κ2) is 12.6. The fourth-order valence-corrected chi connectivity index (χ4v) is 7.36. The molecule has 6 bridgehead atoms. The highest BCUT2D eigenvalue weighted by molar-refractivity contribution is 7.92. The average Bonchev–Trinajstić information content (AvgIpc) is 3.15. The number of hydrogen-bond donors (Lipinski definition) is 1. The Hall–Kier alpha value is -4.28. The number of nitrogens with one attached hydrogen (secondary N) is 1. The van der Waals surface area contributed by atoms with Crippen molar-refractivity contribution in [3.05, 3.63) is 101 Å². The summed E-state index contributed by atoms with van der Waals surface area (Å²) in [5, 5.41) is 0. The molecule has 0 unspecified atom stereocenters. The van der Waals surface area contributed by atoms with E-state index in [4.69, 9.17) is 4.74 Å². The minimum atomic E-state index is -4.12. The molecule has 6 rings (SSSR count). The maximum Gasteiger partial charge on any atom is 0.264 e. The molecule has 234 valence electrons. The number of hydrogen-bond acceptors (Lipinski definition) is 7. The number of rotatable bonds is 5. The van der Waals surface area contributed by atoms with E-state index in [1.165, 1.54) is 17.7 Å². The van der Waals surface area contributed by atoms with Gasteiger partial charge in [-0.15, -0.1) is 0 Å². The van der Waals surface area contributed by atoms with Crippen LogP contribution in [0.1, 0.15) is 47.3 Å². The van der Waals surface area contributed by atoms with Gasteiger partial charge in [-0.3, -0.25) is 9.69 Å². The molecule has 1 saturated heterocycles. The molecule has 45 heavy (non-hydrogen) atoms. The van der Waals surface area contributed by atoms with Gasteiger partial charge in [0.25, 0.3) is 15.9 Å². The van der Waals surface area contributed by atoms with Gasteiger partial charge < -0.3 is 9.64 Å². The molecule has 0 aliphatic carbocycles. The zero-order valence-electron chi connectivity index (χ0n) is 26.1. The van der Waals surface area contributed by atoms with Crippen molar-refractivity contribution in [2.75, 3.05) is 24.4 Å². The van der Waals surface area contributed by atoms with Gasteiger partial charge in [-0.2, -0.15) is 4.98 Å². The van der Waals surface area contributed by atoms with E-state index in [0.717, 1.165) is 16.7 Å². The highest BCUT2D eigenvalue weighted by Gasteiger charge is 2.38. The molecule has 0 spiro atoms. The number of aryl methyl sites for hydroxylation is 2. The number of anilines is 1. The van der Waals surface area contributed by atoms with Crippen molar-refractivity contribution in [2.24, 2.45) is 5.92 Å². The Labute approximate surface area is 265 Å². The summed E-state index contributed by atoms with van der Waals surface area (Å²) in [6.07, 6.45) is 0.254. The third kappa shape index (κ3) is 6.72. The summed E-state index contributed by atoms with van der Waals surface area (Å²) in [4.78, 5) is 27.7. The Bertz CT molecular complexity index is 1790. The number of amides is 1. The summed E-state index contributed by atoms with van der Waals surface area (Å²) in [6.45, 7) is 10.6. The Morgan fingerprint density at radius 1 is 0.933 bits per heavy atom. The topological polar surface area (TPSA) is 105 Å². The standard InChI is InChI=1S/C35H39N5O4S/c1-23(2)18-30-31-22-39(21-26-12-6-5-7-13-26)16-17-40(30)34(41)27-14-9-15-28(19-27)45(42,43)38-35-36-29(20-32(37-35)44-31)33-24(3)10-8-11-25(33)4/h5-15,19-20,23,30-31H,16-18,21-22H2,1-4H3,(H,36,37,38)/t30-,31+/m1/s1. The molecule has 3 heterocycles. The lowest BCUT2D eigenvalue weighted by Crippen LogP contribution is -2.50. The van der Waals surface area contributed by atoms with Crippen LogP contribution in [0.4, 0.5) is 5.95 Å². The third-order valence-electron chi connectivity index (χ3n) is 8.48. The number of sulfonamides is 1. The zero-order valence-corrected chi connectivity index (χ0v) is 26.9. The second-order valence-corrected chi connectivity index (χ2v) is 14.1. The lowest BCUT2D eigenvalue weighted by molar-refractivity contribution is 0.0418. The highest BCUT2D eigenvalue weighted by atomic mass is 32.2. The van der Waals surface area contributed by atoms with Gasteiger partial charge in [0.1, 0.15) is 6.10 Å². The molecule has 1 amide bonds. The van der Waals surface area contributed by atoms with Gasteiger partial charge in [0.05, 0.1) is 16.6 Å². The summed E-state index contributed by atoms with van der Waals surface area (Å²) in [6, 6.07) is 23.9. The Balaban J connectivity index is 1.53. The van der Waals surface area contributed by atoms with Crippen molar-refractivity contribution in [1.82, 2.24) is 19.8 Å². The first-order chi connectivity index (χ1) is 21.6. The lowest BCUT2D eigenvalue weighted by Gasteiger charge is -2.36. The first-order valence-electron chi connectivity index (χ1n) is 15.4. The van der Waals surface area contributed by atoms with Crippen LogP contribution in [0.2, 0.25) is 0 Å². The molecular formula is C35H39N5O4S. The van der Waals surface area contributed by atoms with E-state index in [0.29, 0.717) is 43.9 Å². The molecule has 2 atom stereocenters. The zero-order chi connectivity index (χ0) is 31.7. The van der Waals surface area contributed by atoms with Crippen LogP contribution in [0, 0.1) is 19.8 Å². The molecule has 0 saturated carbocycles. The molecule has 1 fully saturated rings. The normalized spacial score (nSPS) is 19.8. The smallest absolute Gasteiger partial charge is 0.264 e. The first kappa shape index (κ1) is 30.7. The van der Waals surface area contributed by atoms with Gasteiger partial charge in [-0.1, -0.05) is 68.4 Å². The number of carbonyl (C=O) groups excluding carboxylic acids is 1. The van der Waals surface area contributed by atoms with Crippen molar-refractivity contribution in [3.63, 3.8) is 0 Å². The minimum absolute atomic E-state index is 0.0337. The molecule has 9 nitrogen and oxygen atoms in total. The van der Waals surface area contributed by atoms with E-state index >= 15 is 0 Å². The van der Waals surface area contributed by atoms with Crippen molar-refractivity contribution >= 4 is 21.9 Å². The van der Waals surface area contributed by atoms with Crippen LogP contribution in [0.15, 0.2) is 83.8 Å². The maximum atomic E-state index is 14.3. The van der Waals surface area contributed by atoms with Crippen molar-refractivity contribution in [1.29, 1.82) is 0 Å². The lowest BCUT2D eigenvalue weighted by atomic mass is 9.96. The second-order valence-electron chi connectivity index (χ2n) is 12.4. The van der Waals surface area contributed by atoms with Gasteiger partial charge in [0, 0.05) is 43.4 Å². The summed E-state index contributed by atoms with van der Waals surface area (Å²) >= 11 is 0. The predicted molar refractivity (Wildman–Crippen MR) is 175 cm³/mol. The van der Waals surface area contributed by atoms with Crippen LogP contribution in [0.5, 0.6) is 5.88 Å². The molecule has 1 N–H and O–H groups in total. The predicted octanol–water partition coefficient (Wildman–Crippen LogP) is 5.69. The minimum Gasteiger partial charge on any atom is -0.471 e. The number of nitrogens with zero attached hydrogens (tertiary/aromatic N) is 4. The van der Waals surface area contributed by atoms with Crippen molar-refractivity contribution in [3.8, 4) is 17.1 Å². The van der Waals surface area contributed by atoms with Crippen LogP contribution in [0.25, 0.3) is 11.3 Å². The van der Waals surface area contributed by atoms with Crippen LogP contribution < -0.4 is 9.46 Å². The quantitative estimate of drug-likeness (QED) is 0.304. The molecule has 4 aromatic rings. The van der Waals surface area contributed by atoms with Crippen LogP contribution in [-0.2, 0) is 16.6 Å². The van der Waals surface area contributed by atoms with E-state index in [9.17, 15) is 13.2 Å². The van der Waals surface area contributed by atoms with Crippen LogP contribution in [0.3, 0.4) is 0 Å². The number of carbonyl (C=O) groups is 1. The monoisotopic (exact) mass is 625 g/mol. The average molecular weight is 626 g/mol. The van der Waals surface area contributed by atoms with Gasteiger partial charge in [0.2, 0.25) is 11.8 Å². The Morgan fingerprint density at radius 3 is 2.40 bits per heavy atom. The fraction of sp³-hybridized carbons (Fsp3) is 0.343. The van der Waals surface area contributed by atoms with Crippen molar-refractivity contribution in [2.45, 2.75) is 57.7 Å². The SMILES string of the molecule is Cc1cccc(C)c1-c1cc2nc(n1)NS(=O)(=O)c1cccc(c1)C(=O)N1CCN(Cc3ccccc3)C[C@H](O2)[C@H]1CC(C)C. The summed E-state index contributed by atoms with van der Waals surface area (Å²) in [5.74, 6) is 0.209. The molecule has 1 aromatic heterocycles. The van der Waals surface area contributed by atoms with E-state index in [2.05, 4.69) is 45.6 Å². The fourth-order valence-electron chi connectivity index (χ4n) is 6.37. The van der Waals surface area contributed by atoms with Crippen LogP contribution in [-0.4, -0.2) is 65.9 Å². The third-order valence-corrected chi connectivity index (χ3v) is 9.80. The van der Waals surface area contributed by atoms with Gasteiger partial charge in [-0.25, -0.2) is 18.1 Å². The highest BCUT2D eigenvalue weighted by Crippen LogP contribution is 2.32. The van der Waals surface area contributed by atoms with E-state index in [-0.39, 0.29) is 34.6 Å². The molecule has 0 radical (unpaired) electrons.